The van der Waals surface area contributed by atoms with Crippen LogP contribution in [-0.2, 0) is 6.42 Å². The Morgan fingerprint density at radius 3 is 2.45 bits per heavy atom. The van der Waals surface area contributed by atoms with Gasteiger partial charge in [-0.25, -0.2) is 0 Å². The minimum Gasteiger partial charge on any atom is -0.388 e. The standard InChI is InChI=1S/C18H17NO/c20-18(15-7-2-1-3-8-15)13-12-16-11-10-14-6-4-5-9-17(14)19-16/h1-11,18,20H,12-13H2. The van der Waals surface area contributed by atoms with E-state index in [9.17, 15) is 5.11 Å². The van der Waals surface area contributed by atoms with Crippen LogP contribution < -0.4 is 0 Å². The number of nitrogens with zero attached hydrogens (tertiary/aromatic N) is 1. The molecule has 2 nitrogen and oxygen atoms in total. The summed E-state index contributed by atoms with van der Waals surface area (Å²) in [6.45, 7) is 0. The molecular formula is C18H17NO. The summed E-state index contributed by atoms with van der Waals surface area (Å²) in [4.78, 5) is 4.63. The van der Waals surface area contributed by atoms with Gasteiger partial charge in [-0.15, -0.1) is 0 Å². The number of rotatable bonds is 4. The fourth-order valence-electron chi connectivity index (χ4n) is 2.37. The number of aliphatic hydroxyl groups excluding tert-OH is 1. The zero-order valence-electron chi connectivity index (χ0n) is 11.2. The van der Waals surface area contributed by atoms with Gasteiger partial charge in [0.15, 0.2) is 0 Å². The molecule has 1 aromatic heterocycles. The summed E-state index contributed by atoms with van der Waals surface area (Å²) < 4.78 is 0. The Bertz CT molecular complexity index is 694. The summed E-state index contributed by atoms with van der Waals surface area (Å²) in [7, 11) is 0. The molecule has 3 rings (SSSR count). The molecule has 0 aliphatic heterocycles. The first kappa shape index (κ1) is 12.8. The van der Waals surface area contributed by atoms with Crippen LogP contribution in [0.3, 0.4) is 0 Å². The van der Waals surface area contributed by atoms with Gasteiger partial charge in [-0.2, -0.15) is 0 Å². The predicted molar refractivity (Wildman–Crippen MR) is 81.5 cm³/mol. The molecule has 0 bridgehead atoms. The van der Waals surface area contributed by atoms with Crippen molar-refractivity contribution in [3.63, 3.8) is 0 Å². The van der Waals surface area contributed by atoms with E-state index in [1.165, 1.54) is 0 Å². The van der Waals surface area contributed by atoms with Crippen LogP contribution >= 0.6 is 0 Å². The molecule has 2 aromatic carbocycles. The molecular weight excluding hydrogens is 246 g/mol. The topological polar surface area (TPSA) is 33.1 Å². The van der Waals surface area contributed by atoms with Crippen molar-refractivity contribution in [2.45, 2.75) is 18.9 Å². The smallest absolute Gasteiger partial charge is 0.0793 e. The molecule has 3 aromatic rings. The Labute approximate surface area is 118 Å². The van der Waals surface area contributed by atoms with Gasteiger partial charge in [0.2, 0.25) is 0 Å². The van der Waals surface area contributed by atoms with Crippen LogP contribution in [0.5, 0.6) is 0 Å². The van der Waals surface area contributed by atoms with Gasteiger partial charge >= 0.3 is 0 Å². The molecule has 1 N–H and O–H groups in total. The molecule has 0 saturated carbocycles. The van der Waals surface area contributed by atoms with Crippen LogP contribution in [0.1, 0.15) is 23.8 Å². The van der Waals surface area contributed by atoms with Gasteiger partial charge in [0.1, 0.15) is 0 Å². The number of aliphatic hydroxyl groups is 1. The highest BCUT2D eigenvalue weighted by Crippen LogP contribution is 2.19. The van der Waals surface area contributed by atoms with Crippen LogP contribution in [-0.4, -0.2) is 10.1 Å². The van der Waals surface area contributed by atoms with Crippen LogP contribution in [0.4, 0.5) is 0 Å². The fraction of sp³-hybridized carbons (Fsp3) is 0.167. The molecule has 0 aliphatic carbocycles. The second-order valence-corrected chi connectivity index (χ2v) is 4.96. The van der Waals surface area contributed by atoms with Crippen LogP contribution in [0.2, 0.25) is 0 Å². The van der Waals surface area contributed by atoms with E-state index in [-0.39, 0.29) is 0 Å². The average molecular weight is 263 g/mol. The molecule has 0 saturated heterocycles. The number of benzene rings is 2. The van der Waals surface area contributed by atoms with Gasteiger partial charge in [-0.3, -0.25) is 4.98 Å². The fourth-order valence-corrected chi connectivity index (χ4v) is 2.37. The highest BCUT2D eigenvalue weighted by atomic mass is 16.3. The first-order valence-corrected chi connectivity index (χ1v) is 6.90. The number of hydrogen-bond donors (Lipinski definition) is 1. The van der Waals surface area contributed by atoms with Crippen LogP contribution in [0, 0.1) is 0 Å². The molecule has 100 valence electrons. The monoisotopic (exact) mass is 263 g/mol. The highest BCUT2D eigenvalue weighted by Gasteiger charge is 2.07. The number of hydrogen-bond acceptors (Lipinski definition) is 2. The number of aromatic nitrogens is 1. The van der Waals surface area contributed by atoms with E-state index in [4.69, 9.17) is 0 Å². The Balaban J connectivity index is 1.70. The molecule has 0 radical (unpaired) electrons. The maximum atomic E-state index is 10.2. The molecule has 1 atom stereocenters. The third-order valence-corrected chi connectivity index (χ3v) is 3.51. The van der Waals surface area contributed by atoms with Crippen molar-refractivity contribution in [1.29, 1.82) is 0 Å². The Morgan fingerprint density at radius 1 is 0.850 bits per heavy atom. The molecule has 0 fully saturated rings. The summed E-state index contributed by atoms with van der Waals surface area (Å²) in [5.41, 5.74) is 3.01. The van der Waals surface area contributed by atoms with Crippen molar-refractivity contribution in [2.24, 2.45) is 0 Å². The van der Waals surface area contributed by atoms with E-state index in [0.717, 1.165) is 28.6 Å². The van der Waals surface area contributed by atoms with E-state index in [0.29, 0.717) is 6.42 Å². The van der Waals surface area contributed by atoms with Crippen molar-refractivity contribution >= 4 is 10.9 Å². The lowest BCUT2D eigenvalue weighted by atomic mass is 10.0. The largest absolute Gasteiger partial charge is 0.388 e. The summed E-state index contributed by atoms with van der Waals surface area (Å²) in [5.74, 6) is 0. The molecule has 20 heavy (non-hydrogen) atoms. The van der Waals surface area contributed by atoms with E-state index < -0.39 is 6.10 Å². The van der Waals surface area contributed by atoms with Gasteiger partial charge in [-0.05, 0) is 30.5 Å². The van der Waals surface area contributed by atoms with Gasteiger partial charge < -0.3 is 5.11 Å². The Hall–Kier alpha value is -2.19. The summed E-state index contributed by atoms with van der Waals surface area (Å²) in [6, 6.07) is 22.0. The minimum atomic E-state index is -0.426. The van der Waals surface area contributed by atoms with Gasteiger partial charge in [0.05, 0.1) is 11.6 Å². The lowest BCUT2D eigenvalue weighted by Gasteiger charge is -2.10. The van der Waals surface area contributed by atoms with Crippen LogP contribution in [0.25, 0.3) is 10.9 Å². The SMILES string of the molecule is OC(CCc1ccc2ccccc2n1)c1ccccc1. The molecule has 0 aliphatic rings. The van der Waals surface area contributed by atoms with Crippen molar-refractivity contribution in [3.8, 4) is 0 Å². The number of para-hydroxylation sites is 1. The van der Waals surface area contributed by atoms with Gasteiger partial charge in [0.25, 0.3) is 0 Å². The van der Waals surface area contributed by atoms with E-state index in [1.807, 2.05) is 54.6 Å². The molecule has 2 heteroatoms. The van der Waals surface area contributed by atoms with Crippen LogP contribution in [0.15, 0.2) is 66.7 Å². The van der Waals surface area contributed by atoms with Gasteiger partial charge in [0, 0.05) is 11.1 Å². The van der Waals surface area contributed by atoms with E-state index in [2.05, 4.69) is 17.1 Å². The van der Waals surface area contributed by atoms with Crippen molar-refractivity contribution < 1.29 is 5.11 Å². The van der Waals surface area contributed by atoms with Crippen molar-refractivity contribution in [1.82, 2.24) is 4.98 Å². The summed E-state index contributed by atoms with van der Waals surface area (Å²) >= 11 is 0. The number of fused-ring (bicyclic) bond motifs is 1. The normalized spacial score (nSPS) is 12.4. The second kappa shape index (κ2) is 5.85. The summed E-state index contributed by atoms with van der Waals surface area (Å²) in [6.07, 6.45) is 1.04. The predicted octanol–water partition coefficient (Wildman–Crippen LogP) is 3.90. The third-order valence-electron chi connectivity index (χ3n) is 3.51. The first-order chi connectivity index (χ1) is 9.83. The van der Waals surface area contributed by atoms with Crippen molar-refractivity contribution in [3.05, 3.63) is 78.0 Å². The maximum absolute atomic E-state index is 10.2. The number of aryl methyl sites for hydroxylation is 1. The second-order valence-electron chi connectivity index (χ2n) is 4.96. The van der Waals surface area contributed by atoms with E-state index in [1.54, 1.807) is 0 Å². The first-order valence-electron chi connectivity index (χ1n) is 6.90. The highest BCUT2D eigenvalue weighted by molar-refractivity contribution is 5.78. The lowest BCUT2D eigenvalue weighted by Crippen LogP contribution is -2.00. The minimum absolute atomic E-state index is 0.426. The molecule has 0 amide bonds. The molecule has 0 spiro atoms. The number of pyridine rings is 1. The Kier molecular flexibility index (Phi) is 3.75. The lowest BCUT2D eigenvalue weighted by molar-refractivity contribution is 0.167. The maximum Gasteiger partial charge on any atom is 0.0793 e. The summed E-state index contributed by atoms with van der Waals surface area (Å²) in [5, 5.41) is 11.3. The molecule has 1 unspecified atom stereocenters. The van der Waals surface area contributed by atoms with E-state index >= 15 is 0 Å². The molecule has 1 heterocycles. The zero-order chi connectivity index (χ0) is 13.8. The van der Waals surface area contributed by atoms with Crippen molar-refractivity contribution in [2.75, 3.05) is 0 Å². The third kappa shape index (κ3) is 2.86. The Morgan fingerprint density at radius 2 is 1.60 bits per heavy atom. The quantitative estimate of drug-likeness (QED) is 0.774. The zero-order valence-corrected chi connectivity index (χ0v) is 11.2. The van der Waals surface area contributed by atoms with Gasteiger partial charge in [-0.1, -0.05) is 54.6 Å². The average Bonchev–Trinajstić information content (AvgIpc) is 2.53.